The molecule has 0 saturated carbocycles. The zero-order chi connectivity index (χ0) is 17.3. The first-order chi connectivity index (χ1) is 10.8. The second kappa shape index (κ2) is 9.45. The number of benzene rings is 1. The molecule has 0 heterocycles. The second-order valence-corrected chi connectivity index (χ2v) is 7.13. The van der Waals surface area contributed by atoms with E-state index in [1.165, 1.54) is 0 Å². The van der Waals surface area contributed by atoms with Crippen molar-refractivity contribution in [2.45, 2.75) is 38.1 Å². The Morgan fingerprint density at radius 2 is 1.74 bits per heavy atom. The number of carboxylic acids is 1. The number of hydrogen-bond acceptors (Lipinski definition) is 3. The van der Waals surface area contributed by atoms with Crippen LogP contribution in [-0.4, -0.2) is 39.0 Å². The van der Waals surface area contributed by atoms with Crippen molar-refractivity contribution in [1.29, 1.82) is 0 Å². The lowest BCUT2D eigenvalue weighted by molar-refractivity contribution is -0.142. The molecule has 1 aromatic carbocycles. The summed E-state index contributed by atoms with van der Waals surface area (Å²) < 4.78 is 10.7. The van der Waals surface area contributed by atoms with E-state index in [1.807, 2.05) is 6.07 Å². The molecule has 8 heteroatoms. The van der Waals surface area contributed by atoms with Gasteiger partial charge in [-0.1, -0.05) is 43.2 Å². The minimum absolute atomic E-state index is 0.114. The molecule has 128 valence electrons. The normalized spacial score (nSPS) is 12.6. The van der Waals surface area contributed by atoms with Gasteiger partial charge >= 0.3 is 13.6 Å². The van der Waals surface area contributed by atoms with Gasteiger partial charge in [-0.05, 0) is 18.4 Å². The Hall–Kier alpha value is -1.69. The monoisotopic (exact) mass is 343 g/mol. The zero-order valence-corrected chi connectivity index (χ0v) is 13.6. The summed E-state index contributed by atoms with van der Waals surface area (Å²) in [4.78, 5) is 40.5. The molecule has 0 aromatic heterocycles. The highest BCUT2D eigenvalue weighted by Crippen LogP contribution is 2.35. The van der Waals surface area contributed by atoms with Gasteiger partial charge in [-0.15, -0.1) is 0 Å². The van der Waals surface area contributed by atoms with Crippen molar-refractivity contribution in [3.8, 4) is 0 Å². The molecule has 0 bridgehead atoms. The topological polar surface area (TPSA) is 124 Å². The number of carbonyl (C=O) groups excluding carboxylic acids is 1. The number of nitrogens with one attached hydrogen (secondary N) is 1. The Balaban J connectivity index is 2.35. The quantitative estimate of drug-likeness (QED) is 0.377. The predicted molar refractivity (Wildman–Crippen MR) is 85.1 cm³/mol. The molecule has 0 spiro atoms. The van der Waals surface area contributed by atoms with Crippen LogP contribution in [0, 0.1) is 0 Å². The van der Waals surface area contributed by atoms with Crippen LogP contribution in [0.2, 0.25) is 0 Å². The van der Waals surface area contributed by atoms with Gasteiger partial charge in [0.1, 0.15) is 6.04 Å². The molecule has 7 nitrogen and oxygen atoms in total. The van der Waals surface area contributed by atoms with Crippen LogP contribution in [-0.2, 0) is 20.6 Å². The molecule has 1 aromatic rings. The third kappa shape index (κ3) is 9.13. The van der Waals surface area contributed by atoms with Crippen molar-refractivity contribution in [3.63, 3.8) is 0 Å². The molecule has 1 unspecified atom stereocenters. The Kier molecular flexibility index (Phi) is 7.95. The lowest BCUT2D eigenvalue weighted by Crippen LogP contribution is -2.41. The van der Waals surface area contributed by atoms with Crippen LogP contribution in [0.5, 0.6) is 0 Å². The third-order valence-electron chi connectivity index (χ3n) is 3.28. The van der Waals surface area contributed by atoms with Crippen molar-refractivity contribution >= 4 is 19.5 Å². The van der Waals surface area contributed by atoms with Crippen LogP contribution in [0.25, 0.3) is 0 Å². The van der Waals surface area contributed by atoms with Crippen molar-refractivity contribution in [2.24, 2.45) is 0 Å². The summed E-state index contributed by atoms with van der Waals surface area (Å²) >= 11 is 0. The number of unbranched alkanes of at least 4 members (excludes halogenated alkanes) is 2. The van der Waals surface area contributed by atoms with Crippen LogP contribution in [0.15, 0.2) is 30.3 Å². The maximum Gasteiger partial charge on any atom is 0.326 e. The fraction of sp³-hybridized carbons (Fsp3) is 0.467. The molecule has 0 radical (unpaired) electrons. The van der Waals surface area contributed by atoms with Crippen LogP contribution >= 0.6 is 7.60 Å². The molecule has 0 fully saturated rings. The molecule has 0 aliphatic heterocycles. The molecule has 1 atom stereocenters. The number of amides is 1. The zero-order valence-electron chi connectivity index (χ0n) is 12.7. The van der Waals surface area contributed by atoms with E-state index in [2.05, 4.69) is 5.32 Å². The number of carboxylic acid groups (broad SMARTS) is 1. The highest BCUT2D eigenvalue weighted by Gasteiger charge is 2.19. The van der Waals surface area contributed by atoms with Crippen molar-refractivity contribution in [1.82, 2.24) is 5.32 Å². The SMILES string of the molecule is O=C(Cc1ccccc1)NC(CCCCCP(=O)(O)O)C(=O)O. The van der Waals surface area contributed by atoms with Crippen LogP contribution in [0.3, 0.4) is 0 Å². The molecule has 1 amide bonds. The average molecular weight is 343 g/mol. The minimum atomic E-state index is -4.00. The largest absolute Gasteiger partial charge is 0.480 e. The summed E-state index contributed by atoms with van der Waals surface area (Å²) in [6, 6.07) is 8.03. The van der Waals surface area contributed by atoms with E-state index in [9.17, 15) is 14.2 Å². The summed E-state index contributed by atoms with van der Waals surface area (Å²) in [5.41, 5.74) is 0.802. The molecular weight excluding hydrogens is 321 g/mol. The Bertz CT molecular complexity index is 556. The first-order valence-corrected chi connectivity index (χ1v) is 9.18. The standard InChI is InChI=1S/C15H22NO6P/c17-14(11-12-7-3-1-4-8-12)16-13(15(18)19)9-5-2-6-10-23(20,21)22/h1,3-4,7-8,13H,2,5-6,9-11H2,(H,16,17)(H,18,19)(H2,20,21,22). The van der Waals surface area contributed by atoms with Gasteiger partial charge in [0.15, 0.2) is 0 Å². The lowest BCUT2D eigenvalue weighted by atomic mass is 10.1. The number of aliphatic carboxylic acids is 1. The van der Waals surface area contributed by atoms with Gasteiger partial charge in [-0.25, -0.2) is 4.79 Å². The summed E-state index contributed by atoms with van der Waals surface area (Å²) in [6.45, 7) is 0. The molecule has 4 N–H and O–H groups in total. The highest BCUT2D eigenvalue weighted by atomic mass is 31.2. The first-order valence-electron chi connectivity index (χ1n) is 7.38. The maximum absolute atomic E-state index is 11.9. The summed E-state index contributed by atoms with van der Waals surface area (Å²) in [5.74, 6) is -1.47. The van der Waals surface area contributed by atoms with E-state index < -0.39 is 19.6 Å². The fourth-order valence-corrected chi connectivity index (χ4v) is 2.76. The van der Waals surface area contributed by atoms with Crippen molar-refractivity contribution in [2.75, 3.05) is 6.16 Å². The van der Waals surface area contributed by atoms with E-state index in [-0.39, 0.29) is 24.9 Å². The Labute approximate surface area is 134 Å². The van der Waals surface area contributed by atoms with Gasteiger partial charge in [-0.3, -0.25) is 9.36 Å². The van der Waals surface area contributed by atoms with Gasteiger partial charge in [0.25, 0.3) is 0 Å². The van der Waals surface area contributed by atoms with E-state index in [4.69, 9.17) is 14.9 Å². The average Bonchev–Trinajstić information content (AvgIpc) is 2.45. The molecular formula is C15H22NO6P. The maximum atomic E-state index is 11.9. The van der Waals surface area contributed by atoms with Crippen molar-refractivity contribution in [3.05, 3.63) is 35.9 Å². The van der Waals surface area contributed by atoms with Gasteiger partial charge in [0.2, 0.25) is 5.91 Å². The van der Waals surface area contributed by atoms with Gasteiger partial charge < -0.3 is 20.2 Å². The van der Waals surface area contributed by atoms with Crippen molar-refractivity contribution < 1.29 is 29.0 Å². The van der Waals surface area contributed by atoms with Gasteiger partial charge in [0, 0.05) is 6.16 Å². The molecule has 0 aliphatic rings. The van der Waals surface area contributed by atoms with E-state index in [1.54, 1.807) is 24.3 Å². The summed E-state index contributed by atoms with van der Waals surface area (Å²) in [6.07, 6.45) is 1.45. The third-order valence-corrected chi connectivity index (χ3v) is 4.18. The smallest absolute Gasteiger partial charge is 0.326 e. The van der Waals surface area contributed by atoms with E-state index in [0.717, 1.165) is 5.56 Å². The van der Waals surface area contributed by atoms with E-state index >= 15 is 0 Å². The Morgan fingerprint density at radius 3 is 2.30 bits per heavy atom. The Morgan fingerprint density at radius 1 is 1.09 bits per heavy atom. The number of rotatable bonds is 10. The fourth-order valence-electron chi connectivity index (χ4n) is 2.13. The van der Waals surface area contributed by atoms with Crippen LogP contribution in [0.4, 0.5) is 0 Å². The lowest BCUT2D eigenvalue weighted by Gasteiger charge is -2.14. The molecule has 0 saturated heterocycles. The first kappa shape index (κ1) is 19.4. The number of carbonyl (C=O) groups is 2. The second-order valence-electron chi connectivity index (χ2n) is 5.36. The minimum Gasteiger partial charge on any atom is -0.480 e. The number of hydrogen-bond donors (Lipinski definition) is 4. The molecule has 1 rings (SSSR count). The summed E-state index contributed by atoms with van der Waals surface area (Å²) in [7, 11) is -4.00. The molecule has 0 aliphatic carbocycles. The highest BCUT2D eigenvalue weighted by molar-refractivity contribution is 7.51. The van der Waals surface area contributed by atoms with Crippen LogP contribution in [0.1, 0.15) is 31.2 Å². The van der Waals surface area contributed by atoms with E-state index in [0.29, 0.717) is 19.3 Å². The molecule has 23 heavy (non-hydrogen) atoms. The van der Waals surface area contributed by atoms with Crippen LogP contribution < -0.4 is 5.32 Å². The van der Waals surface area contributed by atoms with Gasteiger partial charge in [-0.2, -0.15) is 0 Å². The summed E-state index contributed by atoms with van der Waals surface area (Å²) in [5, 5.41) is 11.6. The predicted octanol–water partition coefficient (Wildman–Crippen LogP) is 1.54. The van der Waals surface area contributed by atoms with Gasteiger partial charge in [0.05, 0.1) is 6.42 Å².